The Morgan fingerprint density at radius 2 is 1.56 bits per heavy atom. The number of likely N-dealkylation sites (tertiary alicyclic amines) is 1. The molecule has 0 aromatic carbocycles. The molecule has 0 aromatic rings. The highest BCUT2D eigenvalue weighted by Crippen LogP contribution is 2.30. The fourth-order valence-corrected chi connectivity index (χ4v) is 4.36. The minimum absolute atomic E-state index is 0. The largest absolute Gasteiger partial charge is 0.381 e. The van der Waals surface area contributed by atoms with E-state index < -0.39 is 5.41 Å². The van der Waals surface area contributed by atoms with Gasteiger partial charge in [-0.25, -0.2) is 4.79 Å². The standard InChI is InChI=1S/C19H34N4O3.ClH/c20-14-19(8-12-26-13-9-19)17(24)21-16-6-10-23(11-7-16)18(25)22-15-4-2-1-3-5-15;/h15-16H,1-14,20H2,(H,21,24)(H,22,25);1H. The van der Waals surface area contributed by atoms with Gasteiger partial charge in [0.05, 0.1) is 5.41 Å². The third-order valence-corrected chi connectivity index (χ3v) is 6.37. The molecule has 2 saturated heterocycles. The number of halogens is 1. The van der Waals surface area contributed by atoms with Crippen LogP contribution in [-0.4, -0.2) is 61.8 Å². The van der Waals surface area contributed by atoms with E-state index in [1.807, 2.05) is 4.90 Å². The number of carbonyl (C=O) groups excluding carboxylic acids is 2. The van der Waals surface area contributed by atoms with Gasteiger partial charge in [-0.1, -0.05) is 19.3 Å². The number of carbonyl (C=O) groups is 2. The molecular weight excluding hydrogens is 368 g/mol. The second kappa shape index (κ2) is 10.5. The topological polar surface area (TPSA) is 96.7 Å². The lowest BCUT2D eigenvalue weighted by atomic mass is 9.79. The van der Waals surface area contributed by atoms with Gasteiger partial charge in [0, 0.05) is 44.9 Å². The third-order valence-electron chi connectivity index (χ3n) is 6.37. The molecule has 2 heterocycles. The lowest BCUT2D eigenvalue weighted by molar-refractivity contribution is -0.136. The highest BCUT2D eigenvalue weighted by molar-refractivity contribution is 5.85. The lowest BCUT2D eigenvalue weighted by Crippen LogP contribution is -2.55. The summed E-state index contributed by atoms with van der Waals surface area (Å²) in [6, 6.07) is 0.531. The third kappa shape index (κ3) is 5.72. The van der Waals surface area contributed by atoms with Gasteiger partial charge in [0.25, 0.3) is 0 Å². The zero-order valence-corrected chi connectivity index (χ0v) is 17.0. The van der Waals surface area contributed by atoms with Crippen molar-refractivity contribution in [1.82, 2.24) is 15.5 Å². The van der Waals surface area contributed by atoms with Gasteiger partial charge in [-0.2, -0.15) is 0 Å². The normalized spacial score (nSPS) is 24.0. The zero-order chi connectivity index (χ0) is 18.4. The van der Waals surface area contributed by atoms with Gasteiger partial charge in [-0.3, -0.25) is 4.79 Å². The van der Waals surface area contributed by atoms with Crippen molar-refractivity contribution in [3.05, 3.63) is 0 Å². The molecule has 1 saturated carbocycles. The van der Waals surface area contributed by atoms with Crippen LogP contribution in [0.4, 0.5) is 4.79 Å². The Labute approximate surface area is 168 Å². The van der Waals surface area contributed by atoms with Gasteiger partial charge in [0.15, 0.2) is 0 Å². The van der Waals surface area contributed by atoms with Crippen LogP contribution in [0.2, 0.25) is 0 Å². The van der Waals surface area contributed by atoms with E-state index in [9.17, 15) is 9.59 Å². The van der Waals surface area contributed by atoms with Crippen LogP contribution >= 0.6 is 12.4 Å². The summed E-state index contributed by atoms with van der Waals surface area (Å²) < 4.78 is 5.38. The van der Waals surface area contributed by atoms with Crippen molar-refractivity contribution in [3.63, 3.8) is 0 Å². The Bertz CT molecular complexity index is 485. The first-order chi connectivity index (χ1) is 12.6. The minimum Gasteiger partial charge on any atom is -0.381 e. The molecular formula is C19H35ClN4O3. The molecule has 2 aliphatic heterocycles. The first-order valence-electron chi connectivity index (χ1n) is 10.3. The molecule has 7 nitrogen and oxygen atoms in total. The van der Waals surface area contributed by atoms with Crippen LogP contribution in [0, 0.1) is 5.41 Å². The van der Waals surface area contributed by atoms with Crippen molar-refractivity contribution in [2.45, 2.75) is 69.9 Å². The van der Waals surface area contributed by atoms with Crippen molar-refractivity contribution >= 4 is 24.3 Å². The number of hydrogen-bond donors (Lipinski definition) is 3. The summed E-state index contributed by atoms with van der Waals surface area (Å²) in [6.45, 7) is 2.96. The number of piperidine rings is 1. The molecule has 0 bridgehead atoms. The van der Waals surface area contributed by atoms with Crippen LogP contribution < -0.4 is 16.4 Å². The van der Waals surface area contributed by atoms with Crippen LogP contribution in [0.5, 0.6) is 0 Å². The maximum absolute atomic E-state index is 12.8. The van der Waals surface area contributed by atoms with E-state index in [-0.39, 0.29) is 30.4 Å². The fourth-order valence-electron chi connectivity index (χ4n) is 4.36. The molecule has 0 radical (unpaired) electrons. The van der Waals surface area contributed by atoms with Crippen LogP contribution in [0.15, 0.2) is 0 Å². The Kier molecular flexibility index (Phi) is 8.63. The highest BCUT2D eigenvalue weighted by Gasteiger charge is 2.40. The van der Waals surface area contributed by atoms with E-state index in [0.29, 0.717) is 51.7 Å². The minimum atomic E-state index is -0.478. The molecule has 4 N–H and O–H groups in total. The van der Waals surface area contributed by atoms with Crippen molar-refractivity contribution < 1.29 is 14.3 Å². The van der Waals surface area contributed by atoms with Crippen molar-refractivity contribution in [2.24, 2.45) is 11.1 Å². The van der Waals surface area contributed by atoms with E-state index in [4.69, 9.17) is 10.5 Å². The number of rotatable bonds is 4. The maximum Gasteiger partial charge on any atom is 0.317 e. The number of nitrogens with two attached hydrogens (primary N) is 1. The van der Waals surface area contributed by atoms with E-state index in [1.54, 1.807) is 0 Å². The lowest BCUT2D eigenvalue weighted by Gasteiger charge is -2.38. The Morgan fingerprint density at radius 1 is 0.963 bits per heavy atom. The monoisotopic (exact) mass is 402 g/mol. The van der Waals surface area contributed by atoms with Gasteiger partial charge in [-0.05, 0) is 38.5 Å². The van der Waals surface area contributed by atoms with Crippen LogP contribution in [0.25, 0.3) is 0 Å². The van der Waals surface area contributed by atoms with Crippen LogP contribution in [-0.2, 0) is 9.53 Å². The number of nitrogens with zero attached hydrogens (tertiary/aromatic N) is 1. The van der Waals surface area contributed by atoms with Gasteiger partial charge in [0.1, 0.15) is 0 Å². The molecule has 0 aromatic heterocycles. The SMILES string of the molecule is Cl.NCC1(C(=O)NC2CCN(C(=O)NC3CCCCC3)CC2)CCOCC1. The molecule has 0 atom stereocenters. The molecule has 0 spiro atoms. The molecule has 3 fully saturated rings. The summed E-state index contributed by atoms with van der Waals surface area (Å²) in [5.74, 6) is 0.0633. The molecule has 8 heteroatoms. The molecule has 3 amide bonds. The average molecular weight is 403 g/mol. The first kappa shape index (κ1) is 22.2. The summed E-state index contributed by atoms with van der Waals surface area (Å²) in [6.07, 6.45) is 8.91. The molecule has 3 aliphatic rings. The predicted molar refractivity (Wildman–Crippen MR) is 107 cm³/mol. The van der Waals surface area contributed by atoms with Crippen LogP contribution in [0.3, 0.4) is 0 Å². The second-order valence-electron chi connectivity index (χ2n) is 8.12. The van der Waals surface area contributed by atoms with Crippen molar-refractivity contribution in [1.29, 1.82) is 0 Å². The summed E-state index contributed by atoms with van der Waals surface area (Å²) in [4.78, 5) is 27.1. The molecule has 156 valence electrons. The van der Waals surface area contributed by atoms with Gasteiger partial charge >= 0.3 is 6.03 Å². The second-order valence-corrected chi connectivity index (χ2v) is 8.12. The number of hydrogen-bond acceptors (Lipinski definition) is 4. The Balaban J connectivity index is 0.00000261. The van der Waals surface area contributed by atoms with Crippen molar-refractivity contribution in [2.75, 3.05) is 32.8 Å². The average Bonchev–Trinajstić information content (AvgIpc) is 2.69. The summed E-state index contributed by atoms with van der Waals surface area (Å²) >= 11 is 0. The first-order valence-corrected chi connectivity index (χ1v) is 10.3. The molecule has 0 unspecified atom stereocenters. The van der Waals surface area contributed by atoms with E-state index in [2.05, 4.69) is 10.6 Å². The van der Waals surface area contributed by atoms with Crippen LogP contribution in [0.1, 0.15) is 57.8 Å². The number of amides is 3. The highest BCUT2D eigenvalue weighted by atomic mass is 35.5. The smallest absolute Gasteiger partial charge is 0.317 e. The number of urea groups is 1. The Hall–Kier alpha value is -1.05. The fraction of sp³-hybridized carbons (Fsp3) is 0.895. The molecule has 1 aliphatic carbocycles. The zero-order valence-electron chi connectivity index (χ0n) is 16.2. The predicted octanol–water partition coefficient (Wildman–Crippen LogP) is 1.79. The maximum atomic E-state index is 12.8. The molecule has 27 heavy (non-hydrogen) atoms. The summed E-state index contributed by atoms with van der Waals surface area (Å²) in [7, 11) is 0. The number of ether oxygens (including phenoxy) is 1. The van der Waals surface area contributed by atoms with Gasteiger partial charge < -0.3 is 26.0 Å². The van der Waals surface area contributed by atoms with Gasteiger partial charge in [0.2, 0.25) is 5.91 Å². The van der Waals surface area contributed by atoms with Gasteiger partial charge in [-0.15, -0.1) is 12.4 Å². The quantitative estimate of drug-likeness (QED) is 0.667. The molecule has 3 rings (SSSR count). The number of nitrogens with one attached hydrogen (secondary N) is 2. The van der Waals surface area contributed by atoms with Crippen molar-refractivity contribution in [3.8, 4) is 0 Å². The van der Waals surface area contributed by atoms with E-state index in [1.165, 1.54) is 19.3 Å². The van der Waals surface area contributed by atoms with E-state index in [0.717, 1.165) is 25.7 Å². The van der Waals surface area contributed by atoms with E-state index >= 15 is 0 Å². The Morgan fingerprint density at radius 3 is 2.15 bits per heavy atom. The summed E-state index contributed by atoms with van der Waals surface area (Å²) in [5.41, 5.74) is 5.44. The summed E-state index contributed by atoms with van der Waals surface area (Å²) in [5, 5.41) is 6.37.